The summed E-state index contributed by atoms with van der Waals surface area (Å²) in [4.78, 5) is 61.2. The molecule has 1 saturated carbocycles. The molecule has 1 aromatic carbocycles. The smallest absolute Gasteiger partial charge is 0.329 e. The highest BCUT2D eigenvalue weighted by molar-refractivity contribution is 5.97. The first-order valence-corrected chi connectivity index (χ1v) is 17.2. The number of amides is 1. The molecule has 3 heterocycles. The van der Waals surface area contributed by atoms with Crippen molar-refractivity contribution in [1.29, 1.82) is 0 Å². The van der Waals surface area contributed by atoms with Crippen molar-refractivity contribution in [2.75, 3.05) is 0 Å². The molecule has 3 fully saturated rings. The Morgan fingerprint density at radius 3 is 2.02 bits per heavy atom. The lowest BCUT2D eigenvalue weighted by Crippen LogP contribution is -2.51. The summed E-state index contributed by atoms with van der Waals surface area (Å²) in [5.74, 6) is -2.27. The highest BCUT2D eigenvalue weighted by Crippen LogP contribution is 2.44. The average Bonchev–Trinajstić information content (AvgIpc) is 3.18. The van der Waals surface area contributed by atoms with Gasteiger partial charge in [0, 0.05) is 24.2 Å². The molecule has 2 aromatic rings. The van der Waals surface area contributed by atoms with Crippen LogP contribution in [-0.2, 0) is 19.1 Å². The summed E-state index contributed by atoms with van der Waals surface area (Å²) in [7, 11) is 0. The molecule has 0 spiro atoms. The molecule has 1 amide bonds. The summed E-state index contributed by atoms with van der Waals surface area (Å²) in [6.07, 6.45) is 12.6. The van der Waals surface area contributed by atoms with E-state index in [2.05, 4.69) is 15.2 Å². The summed E-state index contributed by atoms with van der Waals surface area (Å²) in [6.45, 7) is 10.3. The van der Waals surface area contributed by atoms with E-state index in [0.717, 1.165) is 25.7 Å². The van der Waals surface area contributed by atoms with Gasteiger partial charge in [-0.15, -0.1) is 0 Å². The van der Waals surface area contributed by atoms with Gasteiger partial charge in [0.15, 0.2) is 5.69 Å². The van der Waals surface area contributed by atoms with Gasteiger partial charge in [0.2, 0.25) is 0 Å². The SMILES string of the molecule is CC(C)(C)OC(=O)C[C@H](NC(=O)c1nc2ccccc2n([C@H]2C[C@H]3CC[C@@H](C2)N3C2CCCCCCC2)c1=O)C(=O)OC(C)(C)C. The van der Waals surface area contributed by atoms with E-state index in [1.807, 2.05) is 18.2 Å². The standard InChI is InChI=1S/C36H52N4O6/c1-35(2,3)45-30(41)22-28(34(44)46-36(4,5)6)38-32(42)31-33(43)40(29-17-13-12-16-27(29)37-31)26-20-24-18-19-25(21-26)39(24)23-14-10-8-7-9-11-15-23/h12-13,16-17,23-26,28H,7-11,14-15,18-22H2,1-6H3,(H,38,42)/t24-,25+,26+,28-/m0/s1. The van der Waals surface area contributed by atoms with Gasteiger partial charge in [-0.2, -0.15) is 0 Å². The maximum Gasteiger partial charge on any atom is 0.329 e. The van der Waals surface area contributed by atoms with Crippen LogP contribution in [0.25, 0.3) is 11.0 Å². The van der Waals surface area contributed by atoms with Gasteiger partial charge in [0.1, 0.15) is 17.2 Å². The maximum absolute atomic E-state index is 14.2. The predicted octanol–water partition coefficient (Wildman–Crippen LogP) is 5.85. The van der Waals surface area contributed by atoms with Gasteiger partial charge in [-0.1, -0.05) is 44.2 Å². The Morgan fingerprint density at radius 2 is 1.41 bits per heavy atom. The number of ether oxygens (including phenoxy) is 2. The van der Waals surface area contributed by atoms with Crippen LogP contribution < -0.4 is 10.9 Å². The number of nitrogens with zero attached hydrogens (tertiary/aromatic N) is 3. The molecular formula is C36H52N4O6. The number of para-hydroxylation sites is 2. The van der Waals surface area contributed by atoms with Crippen LogP contribution in [0.3, 0.4) is 0 Å². The molecule has 3 aliphatic rings. The third-order valence-corrected chi connectivity index (χ3v) is 9.42. The maximum atomic E-state index is 14.2. The lowest BCUT2D eigenvalue weighted by atomic mass is 9.89. The fourth-order valence-corrected chi connectivity index (χ4v) is 7.73. The lowest BCUT2D eigenvalue weighted by Gasteiger charge is -2.45. The number of carbonyl (C=O) groups is 3. The molecule has 1 aromatic heterocycles. The Balaban J connectivity index is 1.43. The Labute approximate surface area is 272 Å². The van der Waals surface area contributed by atoms with Crippen molar-refractivity contribution in [3.63, 3.8) is 0 Å². The summed E-state index contributed by atoms with van der Waals surface area (Å²) in [6, 6.07) is 7.41. The third kappa shape index (κ3) is 8.17. The molecule has 0 radical (unpaired) electrons. The molecule has 1 aliphatic carbocycles. The van der Waals surface area contributed by atoms with E-state index < -0.39 is 47.1 Å². The number of hydrogen-bond donors (Lipinski definition) is 1. The number of hydrogen-bond acceptors (Lipinski definition) is 8. The van der Waals surface area contributed by atoms with Crippen LogP contribution in [0.4, 0.5) is 0 Å². The average molecular weight is 637 g/mol. The van der Waals surface area contributed by atoms with E-state index in [1.165, 1.54) is 44.9 Å². The van der Waals surface area contributed by atoms with Crippen LogP contribution in [0.15, 0.2) is 29.1 Å². The number of carbonyl (C=O) groups excluding carboxylic acids is 3. The van der Waals surface area contributed by atoms with Crippen molar-refractivity contribution >= 4 is 28.9 Å². The number of fused-ring (bicyclic) bond motifs is 3. The van der Waals surface area contributed by atoms with E-state index in [-0.39, 0.29) is 11.7 Å². The summed E-state index contributed by atoms with van der Waals surface area (Å²) >= 11 is 0. The minimum Gasteiger partial charge on any atom is -0.460 e. The first-order chi connectivity index (χ1) is 21.7. The van der Waals surface area contributed by atoms with Gasteiger partial charge in [0.05, 0.1) is 17.5 Å². The molecule has 46 heavy (non-hydrogen) atoms. The van der Waals surface area contributed by atoms with Crippen molar-refractivity contribution < 1.29 is 23.9 Å². The first-order valence-electron chi connectivity index (χ1n) is 17.2. The second-order valence-electron chi connectivity index (χ2n) is 15.4. The van der Waals surface area contributed by atoms with Gasteiger partial charge in [-0.25, -0.2) is 9.78 Å². The topological polar surface area (TPSA) is 120 Å². The Bertz CT molecular complexity index is 1470. The Morgan fingerprint density at radius 1 is 0.826 bits per heavy atom. The zero-order valence-corrected chi connectivity index (χ0v) is 28.5. The molecule has 0 unspecified atom stereocenters. The summed E-state index contributed by atoms with van der Waals surface area (Å²) in [5, 5.41) is 2.60. The fraction of sp³-hybridized carbons (Fsp3) is 0.694. The van der Waals surface area contributed by atoms with Crippen LogP contribution in [0.2, 0.25) is 0 Å². The summed E-state index contributed by atoms with van der Waals surface area (Å²) < 4.78 is 12.7. The number of nitrogens with one attached hydrogen (secondary N) is 1. The first kappa shape index (κ1) is 34.1. The minimum atomic E-state index is -1.36. The lowest BCUT2D eigenvalue weighted by molar-refractivity contribution is -0.164. The molecule has 4 atom stereocenters. The fourth-order valence-electron chi connectivity index (χ4n) is 7.73. The van der Waals surface area contributed by atoms with Crippen LogP contribution in [0.5, 0.6) is 0 Å². The van der Waals surface area contributed by atoms with Gasteiger partial charge in [0.25, 0.3) is 11.5 Å². The van der Waals surface area contributed by atoms with Crippen molar-refractivity contribution in [3.05, 3.63) is 40.3 Å². The highest BCUT2D eigenvalue weighted by Gasteiger charge is 2.45. The van der Waals surface area contributed by atoms with Crippen LogP contribution in [0.1, 0.15) is 135 Å². The van der Waals surface area contributed by atoms with E-state index in [0.29, 0.717) is 29.2 Å². The normalized spacial score (nSPS) is 23.7. The van der Waals surface area contributed by atoms with E-state index in [9.17, 15) is 19.2 Å². The number of aromatic nitrogens is 2. The molecule has 5 rings (SSSR count). The molecule has 10 nitrogen and oxygen atoms in total. The zero-order chi connectivity index (χ0) is 33.2. The molecule has 1 N–H and O–H groups in total. The highest BCUT2D eigenvalue weighted by atomic mass is 16.6. The van der Waals surface area contributed by atoms with Gasteiger partial charge < -0.3 is 19.4 Å². The molecular weight excluding hydrogens is 584 g/mol. The molecule has 10 heteroatoms. The zero-order valence-electron chi connectivity index (χ0n) is 28.5. The Hall–Kier alpha value is -3.27. The van der Waals surface area contributed by atoms with Crippen molar-refractivity contribution in [2.24, 2.45) is 0 Å². The summed E-state index contributed by atoms with van der Waals surface area (Å²) in [5.41, 5.74) is -1.19. The molecule has 2 saturated heterocycles. The van der Waals surface area contributed by atoms with Crippen molar-refractivity contribution in [1.82, 2.24) is 19.8 Å². The van der Waals surface area contributed by atoms with Gasteiger partial charge >= 0.3 is 11.9 Å². The Kier molecular flexibility index (Phi) is 10.3. The largest absolute Gasteiger partial charge is 0.460 e. The number of esters is 2. The molecule has 2 aliphatic heterocycles. The van der Waals surface area contributed by atoms with Gasteiger partial charge in [-0.05, 0) is 92.2 Å². The molecule has 2 bridgehead atoms. The third-order valence-electron chi connectivity index (χ3n) is 9.42. The predicted molar refractivity (Wildman–Crippen MR) is 177 cm³/mol. The van der Waals surface area contributed by atoms with E-state index in [4.69, 9.17) is 9.47 Å². The van der Waals surface area contributed by atoms with Crippen LogP contribution in [-0.4, -0.2) is 67.7 Å². The number of rotatable bonds is 7. The quantitative estimate of drug-likeness (QED) is 0.376. The van der Waals surface area contributed by atoms with E-state index >= 15 is 0 Å². The molecule has 252 valence electrons. The van der Waals surface area contributed by atoms with Crippen molar-refractivity contribution in [2.45, 2.75) is 160 Å². The number of benzene rings is 1. The van der Waals surface area contributed by atoms with Crippen LogP contribution in [0, 0.1) is 0 Å². The van der Waals surface area contributed by atoms with Crippen LogP contribution >= 0.6 is 0 Å². The minimum absolute atomic E-state index is 0.0716. The second kappa shape index (κ2) is 13.8. The monoisotopic (exact) mass is 636 g/mol. The second-order valence-corrected chi connectivity index (χ2v) is 15.4. The number of piperidine rings is 1. The van der Waals surface area contributed by atoms with Gasteiger partial charge in [-0.3, -0.25) is 19.3 Å². The van der Waals surface area contributed by atoms with E-state index in [1.54, 1.807) is 52.2 Å². The van der Waals surface area contributed by atoms with Crippen molar-refractivity contribution in [3.8, 4) is 0 Å².